The van der Waals surface area contributed by atoms with Crippen LogP contribution in [0.5, 0.6) is 0 Å². The molecule has 3 rings (SSSR count). The fraction of sp³-hybridized carbons (Fsp3) is 0.625. The average Bonchev–Trinajstić information content (AvgIpc) is 3.31. The van der Waals surface area contributed by atoms with Gasteiger partial charge in [0.1, 0.15) is 12.0 Å². The highest BCUT2D eigenvalue weighted by molar-refractivity contribution is 6.04. The van der Waals surface area contributed by atoms with Crippen LogP contribution in [0.3, 0.4) is 0 Å². The number of esters is 1. The van der Waals surface area contributed by atoms with E-state index in [-0.39, 0.29) is 23.4 Å². The van der Waals surface area contributed by atoms with Crippen LogP contribution in [-0.4, -0.2) is 12.1 Å². The molecule has 0 saturated heterocycles. The van der Waals surface area contributed by atoms with Crippen molar-refractivity contribution in [3.05, 3.63) is 41.5 Å². The highest BCUT2D eigenvalue weighted by atomic mass is 16.5. The summed E-state index contributed by atoms with van der Waals surface area (Å²) >= 11 is 0. The van der Waals surface area contributed by atoms with Crippen LogP contribution in [0.1, 0.15) is 66.4 Å². The van der Waals surface area contributed by atoms with Crippen LogP contribution in [-0.2, 0) is 9.53 Å². The molecule has 26 heavy (non-hydrogen) atoms. The summed E-state index contributed by atoms with van der Waals surface area (Å²) < 4.78 is 6.16. The molecular formula is C24H34O2. The molecule has 1 fully saturated rings. The Bertz CT molecular complexity index is 678. The van der Waals surface area contributed by atoms with E-state index in [1.54, 1.807) is 0 Å². The first-order chi connectivity index (χ1) is 12.2. The van der Waals surface area contributed by atoms with E-state index in [1.807, 2.05) is 18.2 Å². The van der Waals surface area contributed by atoms with Crippen LogP contribution >= 0.6 is 0 Å². The lowest BCUT2D eigenvalue weighted by Gasteiger charge is -2.36. The van der Waals surface area contributed by atoms with E-state index in [9.17, 15) is 4.79 Å². The second-order valence-corrected chi connectivity index (χ2v) is 9.68. The number of rotatable bonds is 4. The molecule has 1 aromatic rings. The van der Waals surface area contributed by atoms with E-state index >= 15 is 0 Å². The molecule has 2 heteroatoms. The Morgan fingerprint density at radius 3 is 2.35 bits per heavy atom. The minimum absolute atomic E-state index is 0.00777. The highest BCUT2D eigenvalue weighted by Crippen LogP contribution is 2.56. The molecule has 0 heterocycles. The van der Waals surface area contributed by atoms with Gasteiger partial charge in [0.15, 0.2) is 0 Å². The summed E-state index contributed by atoms with van der Waals surface area (Å²) in [6.45, 7) is 13.4. The van der Waals surface area contributed by atoms with Crippen molar-refractivity contribution < 1.29 is 9.53 Å². The van der Waals surface area contributed by atoms with E-state index in [1.165, 1.54) is 24.0 Å². The quantitative estimate of drug-likeness (QED) is 0.609. The van der Waals surface area contributed by atoms with Gasteiger partial charge in [-0.1, -0.05) is 78.3 Å². The lowest BCUT2D eigenvalue weighted by molar-refractivity contribution is -0.156. The number of hydrogen-bond donors (Lipinski definition) is 0. The Morgan fingerprint density at radius 2 is 1.77 bits per heavy atom. The zero-order chi connectivity index (χ0) is 19.1. The maximum atomic E-state index is 13.1. The second kappa shape index (κ2) is 7.21. The first-order valence-electron chi connectivity index (χ1n) is 10.2. The van der Waals surface area contributed by atoms with Gasteiger partial charge in [0.05, 0.1) is 0 Å². The number of carbonyl (C=O) groups excluding carboxylic acids is 1. The van der Waals surface area contributed by atoms with Crippen molar-refractivity contribution in [3.8, 4) is 0 Å². The third kappa shape index (κ3) is 3.89. The molecule has 4 atom stereocenters. The zero-order valence-corrected chi connectivity index (χ0v) is 17.2. The SMILES string of the molecule is CC(C)[C@@H]1CC[C@@H](C)C[C@H]1OC(=O)[C@@H]1C(c2ccccc2)=C1C(C)(C)C. The summed E-state index contributed by atoms with van der Waals surface area (Å²) in [6.07, 6.45) is 3.51. The van der Waals surface area contributed by atoms with Gasteiger partial charge < -0.3 is 4.74 Å². The first kappa shape index (κ1) is 19.2. The smallest absolute Gasteiger partial charge is 0.317 e. The molecule has 1 aromatic carbocycles. The molecule has 0 spiro atoms. The molecule has 142 valence electrons. The normalized spacial score (nSPS) is 29.0. The number of carbonyl (C=O) groups is 1. The van der Waals surface area contributed by atoms with E-state index in [0.29, 0.717) is 17.8 Å². The standard InChI is InChI=1S/C24H34O2/c1-15(2)18-13-12-16(3)14-19(18)26-23(25)21-20(22(21)24(4,5)6)17-10-8-7-9-11-17/h7-11,15-16,18-19,21H,12-14H2,1-6H3/t16-,18+,19-,21-/m1/s1. The fourth-order valence-electron chi connectivity index (χ4n) is 4.70. The van der Waals surface area contributed by atoms with Crippen molar-refractivity contribution in [3.63, 3.8) is 0 Å². The van der Waals surface area contributed by atoms with Gasteiger partial charge in [0.25, 0.3) is 0 Å². The van der Waals surface area contributed by atoms with E-state index in [0.717, 1.165) is 12.0 Å². The van der Waals surface area contributed by atoms with Gasteiger partial charge >= 0.3 is 5.97 Å². The van der Waals surface area contributed by atoms with E-state index in [2.05, 4.69) is 53.7 Å². The molecule has 0 radical (unpaired) electrons. The van der Waals surface area contributed by atoms with Gasteiger partial charge in [-0.25, -0.2) is 0 Å². The van der Waals surface area contributed by atoms with Crippen LogP contribution < -0.4 is 0 Å². The third-order valence-corrected chi connectivity index (χ3v) is 6.14. The monoisotopic (exact) mass is 354 g/mol. The van der Waals surface area contributed by atoms with Crippen molar-refractivity contribution >= 4 is 11.5 Å². The molecule has 2 aliphatic carbocycles. The van der Waals surface area contributed by atoms with Crippen molar-refractivity contribution in [2.75, 3.05) is 0 Å². The molecule has 1 saturated carbocycles. The van der Waals surface area contributed by atoms with Crippen molar-refractivity contribution in [2.45, 2.75) is 66.9 Å². The minimum atomic E-state index is -0.151. The fourth-order valence-corrected chi connectivity index (χ4v) is 4.70. The predicted molar refractivity (Wildman–Crippen MR) is 108 cm³/mol. The topological polar surface area (TPSA) is 26.3 Å². The molecule has 0 bridgehead atoms. The Labute approximate surface area is 159 Å². The summed E-state index contributed by atoms with van der Waals surface area (Å²) in [5.41, 5.74) is 3.59. The lowest BCUT2D eigenvalue weighted by Crippen LogP contribution is -2.36. The zero-order valence-electron chi connectivity index (χ0n) is 17.2. The number of hydrogen-bond acceptors (Lipinski definition) is 2. The first-order valence-corrected chi connectivity index (χ1v) is 10.2. The van der Waals surface area contributed by atoms with E-state index in [4.69, 9.17) is 4.74 Å². The van der Waals surface area contributed by atoms with Crippen LogP contribution in [0.4, 0.5) is 0 Å². The van der Waals surface area contributed by atoms with Crippen LogP contribution in [0.25, 0.3) is 5.57 Å². The molecule has 2 nitrogen and oxygen atoms in total. The minimum Gasteiger partial charge on any atom is -0.461 e. The number of benzene rings is 1. The Morgan fingerprint density at radius 1 is 1.12 bits per heavy atom. The summed E-state index contributed by atoms with van der Waals surface area (Å²) in [7, 11) is 0. The maximum absolute atomic E-state index is 13.1. The van der Waals surface area contributed by atoms with Crippen molar-refractivity contribution in [2.24, 2.45) is 29.1 Å². The summed E-state index contributed by atoms with van der Waals surface area (Å²) in [4.78, 5) is 13.1. The van der Waals surface area contributed by atoms with Crippen molar-refractivity contribution in [1.82, 2.24) is 0 Å². The van der Waals surface area contributed by atoms with Gasteiger partial charge in [-0.15, -0.1) is 0 Å². The molecular weight excluding hydrogens is 320 g/mol. The van der Waals surface area contributed by atoms with Crippen LogP contribution in [0, 0.1) is 29.1 Å². The maximum Gasteiger partial charge on any atom is 0.317 e. The molecule has 0 N–H and O–H groups in total. The average molecular weight is 355 g/mol. The Kier molecular flexibility index (Phi) is 5.33. The largest absolute Gasteiger partial charge is 0.461 e. The van der Waals surface area contributed by atoms with Crippen LogP contribution in [0.15, 0.2) is 35.9 Å². The second-order valence-electron chi connectivity index (χ2n) is 9.68. The Hall–Kier alpha value is -1.57. The molecule has 2 aliphatic rings. The van der Waals surface area contributed by atoms with Gasteiger partial charge in [-0.05, 0) is 52.7 Å². The van der Waals surface area contributed by atoms with E-state index < -0.39 is 0 Å². The van der Waals surface area contributed by atoms with Gasteiger partial charge in [0, 0.05) is 0 Å². The predicted octanol–water partition coefficient (Wildman–Crippen LogP) is 6.12. The van der Waals surface area contributed by atoms with Crippen LogP contribution in [0.2, 0.25) is 0 Å². The number of ether oxygens (including phenoxy) is 1. The molecule has 0 aromatic heterocycles. The highest BCUT2D eigenvalue weighted by Gasteiger charge is 2.50. The molecule has 0 aliphatic heterocycles. The van der Waals surface area contributed by atoms with Crippen molar-refractivity contribution in [1.29, 1.82) is 0 Å². The van der Waals surface area contributed by atoms with Gasteiger partial charge in [-0.2, -0.15) is 0 Å². The summed E-state index contributed by atoms with van der Waals surface area (Å²) in [6, 6.07) is 10.3. The molecule has 0 unspecified atom stereocenters. The third-order valence-electron chi connectivity index (χ3n) is 6.14. The summed E-state index contributed by atoms with van der Waals surface area (Å²) in [5, 5.41) is 0. The Balaban J connectivity index is 1.77. The lowest BCUT2D eigenvalue weighted by atomic mass is 9.75. The molecule has 0 amide bonds. The van der Waals surface area contributed by atoms with Gasteiger partial charge in [-0.3, -0.25) is 4.79 Å². The summed E-state index contributed by atoms with van der Waals surface area (Å²) in [5.74, 6) is 1.52. The van der Waals surface area contributed by atoms with Gasteiger partial charge in [0.2, 0.25) is 0 Å².